The van der Waals surface area contributed by atoms with Crippen molar-refractivity contribution < 1.29 is 9.90 Å². The van der Waals surface area contributed by atoms with Crippen LogP contribution in [0.4, 0.5) is 5.69 Å². The van der Waals surface area contributed by atoms with E-state index in [1.54, 1.807) is 25.1 Å². The van der Waals surface area contributed by atoms with E-state index in [1.807, 2.05) is 0 Å². The van der Waals surface area contributed by atoms with E-state index in [1.165, 1.54) is 0 Å². The monoisotopic (exact) mass is 247 g/mol. The quantitative estimate of drug-likeness (QED) is 0.859. The smallest absolute Gasteiger partial charge is 0.305 e. The predicted molar refractivity (Wildman–Crippen MR) is 61.8 cm³/mol. The molecule has 0 aliphatic heterocycles. The largest absolute Gasteiger partial charge is 0.481 e. The standard InChI is InChI=1S/C10H11Cl2NO2/c1-6(4-10(14)15)13-7-2-3-8(11)9(12)5-7/h2-3,5-6,13H,4H2,1H3,(H,14,15). The van der Waals surface area contributed by atoms with Gasteiger partial charge in [-0.3, -0.25) is 4.79 Å². The molecule has 5 heteroatoms. The van der Waals surface area contributed by atoms with E-state index in [9.17, 15) is 4.79 Å². The van der Waals surface area contributed by atoms with E-state index >= 15 is 0 Å². The molecule has 0 aliphatic rings. The van der Waals surface area contributed by atoms with Crippen LogP contribution in [0.5, 0.6) is 0 Å². The minimum absolute atomic E-state index is 0.0558. The fraction of sp³-hybridized carbons (Fsp3) is 0.300. The van der Waals surface area contributed by atoms with Crippen LogP contribution in [-0.2, 0) is 4.79 Å². The van der Waals surface area contributed by atoms with E-state index < -0.39 is 5.97 Å². The number of nitrogens with one attached hydrogen (secondary N) is 1. The molecule has 0 aliphatic carbocycles. The van der Waals surface area contributed by atoms with Gasteiger partial charge in [0.1, 0.15) is 0 Å². The average molecular weight is 248 g/mol. The van der Waals surface area contributed by atoms with Crippen LogP contribution in [0.25, 0.3) is 0 Å². The van der Waals surface area contributed by atoms with Crippen LogP contribution in [0.2, 0.25) is 10.0 Å². The van der Waals surface area contributed by atoms with Crippen LogP contribution in [0.3, 0.4) is 0 Å². The zero-order valence-electron chi connectivity index (χ0n) is 8.13. The third-order valence-electron chi connectivity index (χ3n) is 1.81. The van der Waals surface area contributed by atoms with Gasteiger partial charge in [0.15, 0.2) is 0 Å². The van der Waals surface area contributed by atoms with Crippen LogP contribution < -0.4 is 5.32 Å². The molecule has 0 heterocycles. The lowest BCUT2D eigenvalue weighted by Gasteiger charge is -2.13. The number of benzene rings is 1. The molecule has 1 atom stereocenters. The van der Waals surface area contributed by atoms with Gasteiger partial charge in [0, 0.05) is 11.7 Å². The Kier molecular flexibility index (Phi) is 4.24. The second-order valence-electron chi connectivity index (χ2n) is 3.27. The molecule has 0 radical (unpaired) electrons. The lowest BCUT2D eigenvalue weighted by molar-refractivity contribution is -0.137. The van der Waals surface area contributed by atoms with Crippen molar-refractivity contribution in [3.8, 4) is 0 Å². The molecule has 0 saturated carbocycles. The summed E-state index contributed by atoms with van der Waals surface area (Å²) in [4.78, 5) is 10.4. The van der Waals surface area contributed by atoms with Crippen molar-refractivity contribution in [3.05, 3.63) is 28.2 Å². The van der Waals surface area contributed by atoms with E-state index in [2.05, 4.69) is 5.32 Å². The molecule has 0 aromatic heterocycles. The van der Waals surface area contributed by atoms with Crippen LogP contribution in [0.15, 0.2) is 18.2 Å². The highest BCUT2D eigenvalue weighted by Crippen LogP contribution is 2.25. The van der Waals surface area contributed by atoms with Gasteiger partial charge in [0.05, 0.1) is 16.5 Å². The molecule has 1 aromatic rings. The summed E-state index contributed by atoms with van der Waals surface area (Å²) in [7, 11) is 0. The Balaban J connectivity index is 2.64. The highest BCUT2D eigenvalue weighted by Gasteiger charge is 2.07. The lowest BCUT2D eigenvalue weighted by Crippen LogP contribution is -2.19. The first-order valence-corrected chi connectivity index (χ1v) is 5.18. The van der Waals surface area contributed by atoms with Crippen molar-refractivity contribution in [3.63, 3.8) is 0 Å². The second kappa shape index (κ2) is 5.24. The van der Waals surface area contributed by atoms with Crippen LogP contribution in [0, 0.1) is 0 Å². The second-order valence-corrected chi connectivity index (χ2v) is 4.09. The minimum Gasteiger partial charge on any atom is -0.481 e. The molecule has 1 aromatic carbocycles. The first-order chi connectivity index (χ1) is 6.99. The van der Waals surface area contributed by atoms with Crippen LogP contribution >= 0.6 is 23.2 Å². The zero-order valence-corrected chi connectivity index (χ0v) is 9.64. The maximum absolute atomic E-state index is 10.4. The van der Waals surface area contributed by atoms with Crippen molar-refractivity contribution in [1.29, 1.82) is 0 Å². The molecule has 1 rings (SSSR count). The highest BCUT2D eigenvalue weighted by molar-refractivity contribution is 6.42. The van der Waals surface area contributed by atoms with Gasteiger partial charge in [0.25, 0.3) is 0 Å². The molecule has 2 N–H and O–H groups in total. The summed E-state index contributed by atoms with van der Waals surface area (Å²) in [5, 5.41) is 12.5. The van der Waals surface area contributed by atoms with Gasteiger partial charge in [-0.15, -0.1) is 0 Å². The van der Waals surface area contributed by atoms with Gasteiger partial charge in [0.2, 0.25) is 0 Å². The SMILES string of the molecule is CC(CC(=O)O)Nc1ccc(Cl)c(Cl)c1. The van der Waals surface area contributed by atoms with E-state index in [4.69, 9.17) is 28.3 Å². The number of halogens is 2. The molecule has 15 heavy (non-hydrogen) atoms. The number of aliphatic carboxylic acids is 1. The van der Waals surface area contributed by atoms with Gasteiger partial charge >= 0.3 is 5.97 Å². The summed E-state index contributed by atoms with van der Waals surface area (Å²) in [6, 6.07) is 4.94. The normalized spacial score (nSPS) is 12.2. The number of hydrogen-bond acceptors (Lipinski definition) is 2. The molecule has 0 spiro atoms. The Bertz CT molecular complexity index is 368. The summed E-state index contributed by atoms with van der Waals surface area (Å²) >= 11 is 11.6. The molecule has 3 nitrogen and oxygen atoms in total. The Morgan fingerprint density at radius 2 is 2.13 bits per heavy atom. The summed E-state index contributed by atoms with van der Waals surface area (Å²) < 4.78 is 0. The molecule has 82 valence electrons. The molecule has 0 bridgehead atoms. The Hall–Kier alpha value is -0.930. The van der Waals surface area contributed by atoms with Crippen molar-refractivity contribution in [2.45, 2.75) is 19.4 Å². The molecule has 1 unspecified atom stereocenters. The average Bonchev–Trinajstić information content (AvgIpc) is 2.10. The maximum Gasteiger partial charge on any atom is 0.305 e. The fourth-order valence-corrected chi connectivity index (χ4v) is 1.48. The van der Waals surface area contributed by atoms with Gasteiger partial charge in [-0.05, 0) is 25.1 Å². The number of carboxylic acid groups (broad SMARTS) is 1. The van der Waals surface area contributed by atoms with Gasteiger partial charge < -0.3 is 10.4 Å². The molecular formula is C10H11Cl2NO2. The molecular weight excluding hydrogens is 237 g/mol. The maximum atomic E-state index is 10.4. The summed E-state index contributed by atoms with van der Waals surface area (Å²) in [6.45, 7) is 1.79. The van der Waals surface area contributed by atoms with Crippen molar-refractivity contribution >= 4 is 34.9 Å². The Morgan fingerprint density at radius 3 is 2.67 bits per heavy atom. The van der Waals surface area contributed by atoms with Gasteiger partial charge in [-0.2, -0.15) is 0 Å². The molecule has 0 fully saturated rings. The first-order valence-electron chi connectivity index (χ1n) is 4.42. The number of rotatable bonds is 4. The van der Waals surface area contributed by atoms with Crippen molar-refractivity contribution in [2.24, 2.45) is 0 Å². The summed E-state index contributed by atoms with van der Waals surface area (Å²) in [5.74, 6) is -0.838. The minimum atomic E-state index is -0.838. The van der Waals surface area contributed by atoms with E-state index in [-0.39, 0.29) is 12.5 Å². The molecule has 0 saturated heterocycles. The van der Waals surface area contributed by atoms with Crippen LogP contribution in [-0.4, -0.2) is 17.1 Å². The number of carbonyl (C=O) groups is 1. The first kappa shape index (κ1) is 12.1. The van der Waals surface area contributed by atoms with E-state index in [0.29, 0.717) is 10.0 Å². The summed E-state index contributed by atoms with van der Waals surface area (Å²) in [5.41, 5.74) is 0.762. The lowest BCUT2D eigenvalue weighted by atomic mass is 10.2. The summed E-state index contributed by atoms with van der Waals surface area (Å²) in [6.07, 6.45) is 0.0558. The van der Waals surface area contributed by atoms with Gasteiger partial charge in [-0.25, -0.2) is 0 Å². The number of anilines is 1. The topological polar surface area (TPSA) is 49.3 Å². The highest BCUT2D eigenvalue weighted by atomic mass is 35.5. The third-order valence-corrected chi connectivity index (χ3v) is 2.55. The number of carboxylic acids is 1. The van der Waals surface area contributed by atoms with Crippen LogP contribution in [0.1, 0.15) is 13.3 Å². The van der Waals surface area contributed by atoms with Crippen molar-refractivity contribution in [1.82, 2.24) is 0 Å². The predicted octanol–water partition coefficient (Wildman–Crippen LogP) is 3.27. The Labute approximate surface area is 98.0 Å². The zero-order chi connectivity index (χ0) is 11.4. The molecule has 0 amide bonds. The Morgan fingerprint density at radius 1 is 1.47 bits per heavy atom. The van der Waals surface area contributed by atoms with E-state index in [0.717, 1.165) is 5.69 Å². The number of hydrogen-bond donors (Lipinski definition) is 2. The van der Waals surface area contributed by atoms with Gasteiger partial charge in [-0.1, -0.05) is 23.2 Å². The van der Waals surface area contributed by atoms with Crippen molar-refractivity contribution in [2.75, 3.05) is 5.32 Å². The fourth-order valence-electron chi connectivity index (χ4n) is 1.18. The third kappa shape index (κ3) is 3.98.